The van der Waals surface area contributed by atoms with Crippen LogP contribution < -0.4 is 10.1 Å². The number of amides is 2. The number of benzene rings is 2. The van der Waals surface area contributed by atoms with Crippen LogP contribution in [0.25, 0.3) is 6.08 Å². The van der Waals surface area contributed by atoms with Crippen LogP contribution in [-0.4, -0.2) is 33.7 Å². The molecule has 1 aliphatic heterocycles. The lowest BCUT2D eigenvalue weighted by Gasteiger charge is -2.22. The Morgan fingerprint density at radius 3 is 2.54 bits per heavy atom. The second kappa shape index (κ2) is 13.5. The zero-order chi connectivity index (χ0) is 27.8. The van der Waals surface area contributed by atoms with Gasteiger partial charge in [-0.25, -0.2) is 0 Å². The van der Waals surface area contributed by atoms with Crippen molar-refractivity contribution in [2.75, 3.05) is 11.9 Å². The predicted molar refractivity (Wildman–Crippen MR) is 152 cm³/mol. The zero-order valence-corrected chi connectivity index (χ0v) is 23.1. The van der Waals surface area contributed by atoms with Crippen molar-refractivity contribution in [3.05, 3.63) is 64.6 Å². The number of rotatable bonds is 10. The van der Waals surface area contributed by atoms with Gasteiger partial charge >= 0.3 is 6.18 Å². The molecule has 2 amide bonds. The van der Waals surface area contributed by atoms with Gasteiger partial charge in [-0.2, -0.15) is 13.2 Å². The topological polar surface area (TPSA) is 58.6 Å². The number of halogens is 3. The highest BCUT2D eigenvalue weighted by molar-refractivity contribution is 8.26. The second-order valence-electron chi connectivity index (χ2n) is 9.72. The molecule has 2 fully saturated rings. The van der Waals surface area contributed by atoms with Gasteiger partial charge in [-0.1, -0.05) is 55.0 Å². The first-order valence-electron chi connectivity index (χ1n) is 13.2. The molecule has 1 saturated heterocycles. The molecular weight excluding hydrogens is 545 g/mol. The molecule has 208 valence electrons. The van der Waals surface area contributed by atoms with Crippen molar-refractivity contribution in [3.8, 4) is 5.75 Å². The van der Waals surface area contributed by atoms with E-state index in [4.69, 9.17) is 17.0 Å². The third-order valence-electron chi connectivity index (χ3n) is 6.67. The average Bonchev–Trinajstić information content (AvgIpc) is 3.17. The lowest BCUT2D eigenvalue weighted by Crippen LogP contribution is -2.29. The molecule has 0 atom stereocenters. The highest BCUT2D eigenvalue weighted by Crippen LogP contribution is 2.34. The Labute approximate surface area is 236 Å². The summed E-state index contributed by atoms with van der Waals surface area (Å²) in [4.78, 5) is 27.2. The van der Waals surface area contributed by atoms with Crippen molar-refractivity contribution in [2.45, 2.75) is 70.1 Å². The van der Waals surface area contributed by atoms with Crippen molar-refractivity contribution >= 4 is 51.9 Å². The summed E-state index contributed by atoms with van der Waals surface area (Å²) in [6, 6.07) is 12.3. The van der Waals surface area contributed by atoms with Crippen LogP contribution in [-0.2, 0) is 15.8 Å². The second-order valence-corrected chi connectivity index (χ2v) is 11.4. The van der Waals surface area contributed by atoms with E-state index >= 15 is 0 Å². The molecule has 0 unspecified atom stereocenters. The molecule has 1 aliphatic carbocycles. The SMILES string of the molecule is O=C(CCCCCN1C(=O)/C(=C/c2ccc(OC3CCCCC3)cc2)SC1=S)Nc1cccc(C(F)(F)F)c1. The van der Waals surface area contributed by atoms with Gasteiger partial charge in [0.2, 0.25) is 5.91 Å². The number of thiocarbonyl (C=S) groups is 1. The molecule has 0 aromatic heterocycles. The average molecular weight is 577 g/mol. The molecule has 2 aromatic rings. The van der Waals surface area contributed by atoms with Gasteiger partial charge in [0.25, 0.3) is 5.91 Å². The van der Waals surface area contributed by atoms with Crippen molar-refractivity contribution in [3.63, 3.8) is 0 Å². The van der Waals surface area contributed by atoms with Crippen molar-refractivity contribution in [1.29, 1.82) is 0 Å². The number of nitrogens with zero attached hydrogens (tertiary/aromatic N) is 1. The maximum atomic E-state index is 12.9. The van der Waals surface area contributed by atoms with Gasteiger partial charge in [0, 0.05) is 18.7 Å². The Bertz CT molecular complexity index is 1210. The van der Waals surface area contributed by atoms with Gasteiger partial charge in [-0.15, -0.1) is 0 Å². The molecule has 4 rings (SSSR count). The normalized spacial score (nSPS) is 17.6. The van der Waals surface area contributed by atoms with Crippen LogP contribution in [0.2, 0.25) is 0 Å². The maximum absolute atomic E-state index is 12.9. The number of nitrogens with one attached hydrogen (secondary N) is 1. The summed E-state index contributed by atoms with van der Waals surface area (Å²) in [5.74, 6) is 0.364. The summed E-state index contributed by atoms with van der Waals surface area (Å²) >= 11 is 6.69. The van der Waals surface area contributed by atoms with Crippen LogP contribution >= 0.6 is 24.0 Å². The first kappa shape index (κ1) is 29.1. The largest absolute Gasteiger partial charge is 0.490 e. The molecule has 0 spiro atoms. The van der Waals surface area contributed by atoms with Crippen LogP contribution in [0.15, 0.2) is 53.4 Å². The van der Waals surface area contributed by atoms with E-state index in [0.29, 0.717) is 35.0 Å². The van der Waals surface area contributed by atoms with Crippen LogP contribution in [0.3, 0.4) is 0 Å². The molecule has 0 bridgehead atoms. The lowest BCUT2D eigenvalue weighted by molar-refractivity contribution is -0.137. The molecule has 1 N–H and O–H groups in total. The Kier molecular flexibility index (Phi) is 10.1. The molecular formula is C29H31F3N2O3S2. The summed E-state index contributed by atoms with van der Waals surface area (Å²) < 4.78 is 45.1. The Hall–Kier alpha value is -2.85. The van der Waals surface area contributed by atoms with Gasteiger partial charge in [0.1, 0.15) is 10.1 Å². The van der Waals surface area contributed by atoms with Gasteiger partial charge in [-0.3, -0.25) is 14.5 Å². The fraction of sp³-hybridized carbons (Fsp3) is 0.414. The van der Waals surface area contributed by atoms with E-state index < -0.39 is 11.7 Å². The number of ether oxygens (including phenoxy) is 1. The van der Waals surface area contributed by atoms with Crippen molar-refractivity contribution in [2.24, 2.45) is 0 Å². The van der Waals surface area contributed by atoms with Gasteiger partial charge < -0.3 is 10.1 Å². The lowest BCUT2D eigenvalue weighted by atomic mass is 9.98. The summed E-state index contributed by atoms with van der Waals surface area (Å²) in [5.41, 5.74) is 0.211. The molecule has 0 radical (unpaired) electrons. The molecule has 5 nitrogen and oxygen atoms in total. The number of thioether (sulfide) groups is 1. The number of unbranched alkanes of at least 4 members (excludes halogenated alkanes) is 2. The molecule has 39 heavy (non-hydrogen) atoms. The molecule has 10 heteroatoms. The number of alkyl halides is 3. The smallest absolute Gasteiger partial charge is 0.416 e. The Morgan fingerprint density at radius 2 is 1.82 bits per heavy atom. The van der Waals surface area contributed by atoms with Crippen LogP contribution in [0.4, 0.5) is 18.9 Å². The standard InChI is InChI=1S/C29H31F3N2O3S2/c30-29(31,32)21-8-7-9-22(19-21)33-26(35)12-5-2-6-17-34-27(36)25(39-28(34)38)18-20-13-15-24(16-14-20)37-23-10-3-1-4-11-23/h7-9,13-16,18-19,23H,1-6,10-12,17H2,(H,33,35)/b25-18-. The summed E-state index contributed by atoms with van der Waals surface area (Å²) in [7, 11) is 0. The number of anilines is 1. The number of carbonyl (C=O) groups is 2. The van der Waals surface area contributed by atoms with Gasteiger partial charge in [0.15, 0.2) is 0 Å². The first-order valence-corrected chi connectivity index (χ1v) is 14.4. The minimum absolute atomic E-state index is 0.116. The maximum Gasteiger partial charge on any atom is 0.416 e. The number of hydrogen-bond acceptors (Lipinski definition) is 5. The van der Waals surface area contributed by atoms with Gasteiger partial charge in [0.05, 0.1) is 16.6 Å². The first-order chi connectivity index (χ1) is 18.7. The van der Waals surface area contributed by atoms with E-state index in [9.17, 15) is 22.8 Å². The van der Waals surface area contributed by atoms with Crippen LogP contribution in [0.5, 0.6) is 5.75 Å². The van der Waals surface area contributed by atoms with Crippen LogP contribution in [0, 0.1) is 0 Å². The highest BCUT2D eigenvalue weighted by Gasteiger charge is 2.32. The Morgan fingerprint density at radius 1 is 1.08 bits per heavy atom. The quantitative estimate of drug-likeness (QED) is 0.178. The molecule has 2 aromatic carbocycles. The summed E-state index contributed by atoms with van der Waals surface area (Å²) in [6.45, 7) is 0.450. The zero-order valence-electron chi connectivity index (χ0n) is 21.5. The van der Waals surface area contributed by atoms with Crippen molar-refractivity contribution < 1.29 is 27.5 Å². The van der Waals surface area contributed by atoms with E-state index in [2.05, 4.69) is 5.32 Å². The number of carbonyl (C=O) groups excluding carboxylic acids is 2. The Balaban J connectivity index is 1.19. The van der Waals surface area contributed by atoms with Gasteiger partial charge in [-0.05, 0) is 80.5 Å². The monoisotopic (exact) mass is 576 g/mol. The fourth-order valence-corrected chi connectivity index (χ4v) is 5.90. The van der Waals surface area contributed by atoms with E-state index in [-0.39, 0.29) is 30.0 Å². The van der Waals surface area contributed by atoms with E-state index in [1.807, 2.05) is 30.3 Å². The third kappa shape index (κ3) is 8.57. The van der Waals surface area contributed by atoms with Crippen LogP contribution in [0.1, 0.15) is 68.9 Å². The summed E-state index contributed by atoms with van der Waals surface area (Å²) in [6.07, 6.45) is 5.60. The third-order valence-corrected chi connectivity index (χ3v) is 8.04. The fourth-order valence-electron chi connectivity index (χ4n) is 4.59. The molecule has 1 heterocycles. The summed E-state index contributed by atoms with van der Waals surface area (Å²) in [5, 5.41) is 2.51. The number of hydrogen-bond donors (Lipinski definition) is 1. The van der Waals surface area contributed by atoms with E-state index in [1.165, 1.54) is 43.2 Å². The van der Waals surface area contributed by atoms with Crippen molar-refractivity contribution in [1.82, 2.24) is 4.90 Å². The highest BCUT2D eigenvalue weighted by atomic mass is 32.2. The molecule has 1 saturated carbocycles. The van der Waals surface area contributed by atoms with E-state index in [0.717, 1.165) is 36.3 Å². The molecule has 2 aliphatic rings. The minimum Gasteiger partial charge on any atom is -0.490 e. The van der Waals surface area contributed by atoms with E-state index in [1.54, 1.807) is 4.90 Å². The predicted octanol–water partition coefficient (Wildman–Crippen LogP) is 7.82. The minimum atomic E-state index is -4.46.